The number of aromatic nitrogens is 4. The van der Waals surface area contributed by atoms with Crippen LogP contribution in [-0.4, -0.2) is 95.2 Å². The molecule has 0 atom stereocenters. The molecule has 3 aliphatic heterocycles. The van der Waals surface area contributed by atoms with Gasteiger partial charge in [-0.2, -0.15) is 0 Å². The van der Waals surface area contributed by atoms with Crippen LogP contribution in [0.1, 0.15) is 36.6 Å². The second kappa shape index (κ2) is 13.7. The summed E-state index contributed by atoms with van der Waals surface area (Å²) in [6, 6.07) is 0. The molecule has 2 aromatic rings. The third-order valence-electron chi connectivity index (χ3n) is 6.82. The van der Waals surface area contributed by atoms with Crippen LogP contribution >= 0.6 is 11.6 Å². The van der Waals surface area contributed by atoms with E-state index in [1.54, 1.807) is 6.20 Å². The van der Waals surface area contributed by atoms with Crippen LogP contribution in [0.15, 0.2) is 12.4 Å². The van der Waals surface area contributed by atoms with Gasteiger partial charge in [0, 0.05) is 96.6 Å². The van der Waals surface area contributed by atoms with Crippen molar-refractivity contribution in [2.45, 2.75) is 39.5 Å². The third kappa shape index (κ3) is 7.36. The van der Waals surface area contributed by atoms with Gasteiger partial charge in [0.2, 0.25) is 0 Å². The van der Waals surface area contributed by atoms with Crippen molar-refractivity contribution in [3.05, 3.63) is 40.3 Å². The number of hydrogen-bond donors (Lipinski definition) is 1. The Balaban J connectivity index is 0.000000193. The Morgan fingerprint density at radius 3 is 1.79 bits per heavy atom. The third-order valence-corrected chi connectivity index (χ3v) is 7.00. The smallest absolute Gasteiger partial charge is 0.147 e. The number of anilines is 1. The first-order valence-electron chi connectivity index (χ1n) is 12.4. The van der Waals surface area contributed by atoms with Crippen LogP contribution in [0.4, 0.5) is 5.82 Å². The largest absolute Gasteiger partial charge is 0.353 e. The summed E-state index contributed by atoms with van der Waals surface area (Å²) in [5.74, 6) is 1.06. The van der Waals surface area contributed by atoms with E-state index in [9.17, 15) is 0 Å². The Morgan fingerprint density at radius 2 is 1.24 bits per heavy atom. The molecule has 0 amide bonds. The van der Waals surface area contributed by atoms with Gasteiger partial charge in [-0.05, 0) is 13.1 Å². The van der Waals surface area contributed by atoms with E-state index in [0.717, 1.165) is 108 Å². The van der Waals surface area contributed by atoms with E-state index in [1.807, 2.05) is 6.20 Å². The van der Waals surface area contributed by atoms with Gasteiger partial charge >= 0.3 is 0 Å². The molecule has 1 radical (unpaired) electrons. The Morgan fingerprint density at radius 1 is 0.735 bits per heavy atom. The summed E-state index contributed by atoms with van der Waals surface area (Å²) in [5, 5.41) is 3.88. The van der Waals surface area contributed by atoms with Gasteiger partial charge in [-0.1, -0.05) is 25.4 Å². The van der Waals surface area contributed by atoms with Crippen LogP contribution in [0, 0.1) is 0 Å². The monoisotopic (exact) mass is 523 g/mol. The molecular formula is C24H37ClN8V. The first-order chi connectivity index (χ1) is 16.2. The molecule has 0 bridgehead atoms. The van der Waals surface area contributed by atoms with E-state index >= 15 is 0 Å². The van der Waals surface area contributed by atoms with Crippen molar-refractivity contribution in [1.82, 2.24) is 35.1 Å². The Labute approximate surface area is 220 Å². The molecule has 3 aliphatic rings. The molecule has 0 saturated carbocycles. The molecule has 10 heteroatoms. The van der Waals surface area contributed by atoms with Gasteiger partial charge in [0.25, 0.3) is 0 Å². The van der Waals surface area contributed by atoms with Crippen LogP contribution in [0.3, 0.4) is 0 Å². The topological polar surface area (TPSA) is 73.3 Å². The number of fused-ring (bicyclic) bond motifs is 2. The number of hydrogen-bond acceptors (Lipinski definition) is 8. The fourth-order valence-corrected chi connectivity index (χ4v) is 4.80. The van der Waals surface area contributed by atoms with Gasteiger partial charge in [-0.15, -0.1) is 0 Å². The Kier molecular flexibility index (Phi) is 11.0. The summed E-state index contributed by atoms with van der Waals surface area (Å²) < 4.78 is 0. The van der Waals surface area contributed by atoms with Gasteiger partial charge < -0.3 is 20.0 Å². The number of piperazine rings is 1. The number of nitrogens with one attached hydrogen (secondary N) is 1. The van der Waals surface area contributed by atoms with Crippen molar-refractivity contribution in [3.63, 3.8) is 0 Å². The molecule has 185 valence electrons. The molecule has 0 spiro atoms. The van der Waals surface area contributed by atoms with Crippen LogP contribution < -0.4 is 10.2 Å². The quantitative estimate of drug-likeness (QED) is 0.653. The van der Waals surface area contributed by atoms with Crippen LogP contribution in [0.25, 0.3) is 0 Å². The molecule has 1 fully saturated rings. The molecule has 0 aromatic carbocycles. The molecule has 1 saturated heterocycles. The van der Waals surface area contributed by atoms with Crippen molar-refractivity contribution >= 4 is 17.4 Å². The standard InChI is InChI=1S/C14H23N5.C10H14ClN3.V/c1-2-18-7-3-12-13(4-8-18)17-14(11-16-12)19-9-5-15-6-10-19;1-2-14-5-3-8-9(4-6-14)13-10(11)7-12-8;/h11,15H,2-10H2,1H3;7H,2-6H2,1H3;. The zero-order valence-corrected chi connectivity index (χ0v) is 22.7. The minimum absolute atomic E-state index is 0. The van der Waals surface area contributed by atoms with Crippen LogP contribution in [-0.2, 0) is 44.2 Å². The molecule has 5 rings (SSSR count). The molecule has 0 unspecified atom stereocenters. The average Bonchev–Trinajstić information content (AvgIpc) is 3.20. The minimum Gasteiger partial charge on any atom is -0.353 e. The molecule has 2 aromatic heterocycles. The molecule has 0 aliphatic carbocycles. The van der Waals surface area contributed by atoms with Gasteiger partial charge in [0.1, 0.15) is 11.0 Å². The minimum atomic E-state index is 0. The van der Waals surface area contributed by atoms with Crippen molar-refractivity contribution in [2.24, 2.45) is 0 Å². The van der Waals surface area contributed by atoms with E-state index < -0.39 is 0 Å². The second-order valence-corrected chi connectivity index (χ2v) is 9.20. The number of halogens is 1. The summed E-state index contributed by atoms with van der Waals surface area (Å²) in [6.07, 6.45) is 7.64. The second-order valence-electron chi connectivity index (χ2n) is 8.81. The van der Waals surface area contributed by atoms with Gasteiger partial charge in [-0.25, -0.2) is 9.97 Å². The summed E-state index contributed by atoms with van der Waals surface area (Å²) in [7, 11) is 0. The van der Waals surface area contributed by atoms with Crippen molar-refractivity contribution in [1.29, 1.82) is 0 Å². The van der Waals surface area contributed by atoms with E-state index in [-0.39, 0.29) is 18.6 Å². The Bertz CT molecular complexity index is 909. The van der Waals surface area contributed by atoms with E-state index in [4.69, 9.17) is 16.6 Å². The van der Waals surface area contributed by atoms with Gasteiger partial charge in [0.05, 0.1) is 35.2 Å². The van der Waals surface area contributed by atoms with E-state index in [0.29, 0.717) is 5.15 Å². The summed E-state index contributed by atoms with van der Waals surface area (Å²) in [4.78, 5) is 25.4. The Hall–Kier alpha value is -1.29. The van der Waals surface area contributed by atoms with Gasteiger partial charge in [0.15, 0.2) is 0 Å². The van der Waals surface area contributed by atoms with Crippen molar-refractivity contribution in [3.8, 4) is 0 Å². The first kappa shape index (κ1) is 27.3. The van der Waals surface area contributed by atoms with Crippen LogP contribution in [0.2, 0.25) is 5.15 Å². The molecule has 8 nitrogen and oxygen atoms in total. The summed E-state index contributed by atoms with van der Waals surface area (Å²) in [6.45, 7) is 15.2. The first-order valence-corrected chi connectivity index (χ1v) is 12.8. The molecule has 1 N–H and O–H groups in total. The maximum Gasteiger partial charge on any atom is 0.147 e. The molecule has 34 heavy (non-hydrogen) atoms. The predicted molar refractivity (Wildman–Crippen MR) is 133 cm³/mol. The summed E-state index contributed by atoms with van der Waals surface area (Å²) in [5.41, 5.74) is 4.61. The average molecular weight is 524 g/mol. The zero-order valence-electron chi connectivity index (χ0n) is 20.5. The SMILES string of the molecule is CCN1CCc2ncc(Cl)nc2CC1.CCN1CCc2ncc(N3CCNCC3)nc2CC1.[V]. The van der Waals surface area contributed by atoms with Gasteiger partial charge in [-0.3, -0.25) is 9.97 Å². The fourth-order valence-electron chi connectivity index (χ4n) is 4.65. The van der Waals surface area contributed by atoms with Crippen LogP contribution in [0.5, 0.6) is 0 Å². The fraction of sp³-hybridized carbons (Fsp3) is 0.667. The molecule has 5 heterocycles. The van der Waals surface area contributed by atoms with E-state index in [1.165, 1.54) is 11.4 Å². The normalized spacial score (nSPS) is 19.0. The number of rotatable bonds is 3. The van der Waals surface area contributed by atoms with E-state index in [2.05, 4.69) is 48.8 Å². The molecular weight excluding hydrogens is 487 g/mol. The number of nitrogens with zero attached hydrogens (tertiary/aromatic N) is 7. The van der Waals surface area contributed by atoms with Crippen molar-refractivity contribution < 1.29 is 18.6 Å². The number of likely N-dealkylation sites (N-methyl/N-ethyl adjacent to an activating group) is 2. The summed E-state index contributed by atoms with van der Waals surface area (Å²) >= 11 is 5.81. The zero-order chi connectivity index (χ0) is 23.0. The van der Waals surface area contributed by atoms with Crippen molar-refractivity contribution in [2.75, 3.05) is 70.3 Å². The predicted octanol–water partition coefficient (Wildman–Crippen LogP) is 1.85. The maximum atomic E-state index is 5.81. The maximum absolute atomic E-state index is 5.81.